The molecule has 174 valence electrons. The van der Waals surface area contributed by atoms with Crippen LogP contribution in [0.15, 0.2) is 52.8 Å². The van der Waals surface area contributed by atoms with Crippen LogP contribution in [0.25, 0.3) is 11.2 Å². The number of hydrogen-bond donors (Lipinski definition) is 2. The number of aliphatic hydroxyl groups excluding tert-OH is 1. The number of hydrogen-bond acceptors (Lipinski definition) is 5. The van der Waals surface area contributed by atoms with Gasteiger partial charge in [0.15, 0.2) is 11.2 Å². The Morgan fingerprint density at radius 2 is 2.00 bits per heavy atom. The Labute approximate surface area is 192 Å². The number of aryl methyl sites for hydroxylation is 2. The van der Waals surface area contributed by atoms with Crippen molar-refractivity contribution in [2.75, 3.05) is 19.7 Å². The van der Waals surface area contributed by atoms with E-state index in [2.05, 4.69) is 11.6 Å². The van der Waals surface area contributed by atoms with Crippen molar-refractivity contribution in [2.24, 2.45) is 14.1 Å². The Morgan fingerprint density at radius 1 is 1.25 bits per heavy atom. The summed E-state index contributed by atoms with van der Waals surface area (Å²) in [5.41, 5.74) is 1.13. The van der Waals surface area contributed by atoms with Crippen LogP contribution in [-0.4, -0.2) is 49.6 Å². The number of benzene rings is 1. The highest BCUT2D eigenvalue weighted by Crippen LogP contribution is 2.18. The smallest absolute Gasteiger partial charge is 0.332 e. The fraction of sp³-hybridized carbons (Fsp3) is 0.409. The van der Waals surface area contributed by atoms with Gasteiger partial charge in [0.2, 0.25) is 0 Å². The zero-order chi connectivity index (χ0) is 22.4. The first-order valence-corrected chi connectivity index (χ1v) is 10.4. The van der Waals surface area contributed by atoms with Gasteiger partial charge in [-0.25, -0.2) is 9.78 Å². The largest absolute Gasteiger partial charge is 1.00 e. The standard InChI is InChI=1S/C22H29N5O4.ClH/c1-4-8-16-9-5-6-10-18(16)31-14-17(28)13-23-11-7-12-27-15-24-20-19(27)21(29)26(3)22(30)25(20)2;/h4-6,9-10,15,17,23,28H,1,7-8,11-14H2,2-3H3;1H. The summed E-state index contributed by atoms with van der Waals surface area (Å²) in [6, 6.07) is 7.74. The van der Waals surface area contributed by atoms with E-state index in [0.29, 0.717) is 24.3 Å². The predicted octanol–water partition coefficient (Wildman–Crippen LogP) is -3.44. The summed E-state index contributed by atoms with van der Waals surface area (Å²) >= 11 is 0. The lowest BCUT2D eigenvalue weighted by Crippen LogP contribution is -3.00. The van der Waals surface area contributed by atoms with Crippen LogP contribution in [0.1, 0.15) is 12.0 Å². The van der Waals surface area contributed by atoms with Crippen molar-refractivity contribution in [3.05, 3.63) is 69.6 Å². The molecule has 10 heteroatoms. The lowest BCUT2D eigenvalue weighted by molar-refractivity contribution is -0.661. The second-order valence-corrected chi connectivity index (χ2v) is 7.55. The van der Waals surface area contributed by atoms with Gasteiger partial charge in [-0.05, 0) is 18.1 Å². The molecule has 1 aromatic carbocycles. The number of ether oxygens (including phenoxy) is 1. The number of rotatable bonds is 11. The SMILES string of the molecule is C=CCc1ccccc1OCC(O)C[NH2+]CCCn1cnc2c1c(=O)n(C)c(=O)n2C.[Cl-]. The molecule has 0 amide bonds. The quantitative estimate of drug-likeness (QED) is 0.227. The first-order valence-electron chi connectivity index (χ1n) is 10.4. The number of allylic oxidation sites excluding steroid dienone is 1. The van der Waals surface area contributed by atoms with Crippen molar-refractivity contribution in [1.29, 1.82) is 0 Å². The van der Waals surface area contributed by atoms with Gasteiger partial charge in [-0.1, -0.05) is 24.3 Å². The molecular weight excluding hydrogens is 434 g/mol. The fourth-order valence-corrected chi connectivity index (χ4v) is 3.51. The van der Waals surface area contributed by atoms with Gasteiger partial charge < -0.3 is 32.1 Å². The van der Waals surface area contributed by atoms with Crippen molar-refractivity contribution in [3.63, 3.8) is 0 Å². The van der Waals surface area contributed by atoms with E-state index in [9.17, 15) is 14.7 Å². The Balaban J connectivity index is 0.00000363. The number of fused-ring (bicyclic) bond motifs is 1. The fourth-order valence-electron chi connectivity index (χ4n) is 3.51. The molecule has 0 saturated carbocycles. The van der Waals surface area contributed by atoms with Crippen LogP contribution in [-0.2, 0) is 27.1 Å². The maximum Gasteiger partial charge on any atom is 0.332 e. The highest BCUT2D eigenvalue weighted by molar-refractivity contribution is 5.69. The highest BCUT2D eigenvalue weighted by Gasteiger charge is 2.14. The molecule has 9 nitrogen and oxygen atoms in total. The summed E-state index contributed by atoms with van der Waals surface area (Å²) in [6.07, 6.45) is 4.33. The molecule has 32 heavy (non-hydrogen) atoms. The molecule has 3 rings (SSSR count). The van der Waals surface area contributed by atoms with Crippen molar-refractivity contribution < 1.29 is 27.6 Å². The van der Waals surface area contributed by atoms with Gasteiger partial charge in [0.25, 0.3) is 5.56 Å². The van der Waals surface area contributed by atoms with E-state index in [-0.39, 0.29) is 30.3 Å². The van der Waals surface area contributed by atoms with Gasteiger partial charge >= 0.3 is 5.69 Å². The number of quaternary nitrogens is 1. The Kier molecular flexibility index (Phi) is 9.25. The molecule has 2 aromatic heterocycles. The first-order chi connectivity index (χ1) is 14.9. The number of nitrogens with two attached hydrogens (primary N) is 1. The van der Waals surface area contributed by atoms with Crippen LogP contribution in [0.4, 0.5) is 0 Å². The Morgan fingerprint density at radius 3 is 2.75 bits per heavy atom. The Hall–Kier alpha value is -2.88. The van der Waals surface area contributed by atoms with Gasteiger partial charge in [-0.3, -0.25) is 13.9 Å². The van der Waals surface area contributed by atoms with Crippen molar-refractivity contribution in [1.82, 2.24) is 18.7 Å². The molecule has 0 aliphatic carbocycles. The molecule has 0 saturated heterocycles. The van der Waals surface area contributed by atoms with E-state index in [1.165, 1.54) is 11.6 Å². The number of halogens is 1. The second-order valence-electron chi connectivity index (χ2n) is 7.55. The normalized spacial score (nSPS) is 11.8. The van der Waals surface area contributed by atoms with Crippen molar-refractivity contribution >= 4 is 11.2 Å². The number of nitrogens with zero attached hydrogens (tertiary/aromatic N) is 4. The van der Waals surface area contributed by atoms with Crippen molar-refractivity contribution in [2.45, 2.75) is 25.5 Å². The third kappa shape index (κ3) is 5.67. The molecule has 3 aromatic rings. The molecule has 1 atom stereocenters. The second kappa shape index (κ2) is 11.7. The zero-order valence-corrected chi connectivity index (χ0v) is 19.2. The van der Waals surface area contributed by atoms with Gasteiger partial charge in [-0.15, -0.1) is 6.58 Å². The van der Waals surface area contributed by atoms with E-state index in [0.717, 1.165) is 35.3 Å². The monoisotopic (exact) mass is 463 g/mol. The summed E-state index contributed by atoms with van der Waals surface area (Å²) < 4.78 is 10.0. The number of para-hydroxylation sites is 1. The zero-order valence-electron chi connectivity index (χ0n) is 18.4. The van der Waals surface area contributed by atoms with Crippen LogP contribution < -0.4 is 33.7 Å². The van der Waals surface area contributed by atoms with Crippen molar-refractivity contribution in [3.8, 4) is 5.75 Å². The lowest BCUT2D eigenvalue weighted by Gasteiger charge is -2.14. The summed E-state index contributed by atoms with van der Waals surface area (Å²) in [5.74, 6) is 0.768. The third-order valence-electron chi connectivity index (χ3n) is 5.23. The predicted molar refractivity (Wildman–Crippen MR) is 118 cm³/mol. The minimum absolute atomic E-state index is 0. The van der Waals surface area contributed by atoms with Crippen LogP contribution in [0.5, 0.6) is 5.75 Å². The summed E-state index contributed by atoms with van der Waals surface area (Å²) in [7, 11) is 3.07. The molecule has 0 bridgehead atoms. The molecule has 0 fully saturated rings. The van der Waals surface area contributed by atoms with E-state index in [4.69, 9.17) is 4.74 Å². The third-order valence-corrected chi connectivity index (χ3v) is 5.23. The maximum absolute atomic E-state index is 12.4. The number of aromatic nitrogens is 4. The number of imidazole rings is 1. The molecule has 0 aliphatic heterocycles. The Bertz CT molecular complexity index is 1170. The number of aliphatic hydroxyl groups is 1. The van der Waals surface area contributed by atoms with E-state index in [1.807, 2.05) is 35.7 Å². The first kappa shape index (κ1) is 25.4. The summed E-state index contributed by atoms with van der Waals surface area (Å²) in [4.78, 5) is 28.7. The van der Waals surface area contributed by atoms with Crippen LogP contribution in [0, 0.1) is 0 Å². The lowest BCUT2D eigenvalue weighted by atomic mass is 10.1. The van der Waals surface area contributed by atoms with Gasteiger partial charge in [0.05, 0.1) is 12.9 Å². The summed E-state index contributed by atoms with van der Waals surface area (Å²) in [6.45, 7) is 5.87. The van der Waals surface area contributed by atoms with E-state index in [1.54, 1.807) is 17.9 Å². The molecule has 1 unspecified atom stereocenters. The van der Waals surface area contributed by atoms with Crippen LogP contribution >= 0.6 is 0 Å². The van der Waals surface area contributed by atoms with E-state index < -0.39 is 6.10 Å². The highest BCUT2D eigenvalue weighted by atomic mass is 35.5. The van der Waals surface area contributed by atoms with Gasteiger partial charge in [-0.2, -0.15) is 0 Å². The van der Waals surface area contributed by atoms with Crippen LogP contribution in [0.3, 0.4) is 0 Å². The maximum atomic E-state index is 12.4. The molecular formula is C22H30ClN5O4. The molecule has 2 heterocycles. The summed E-state index contributed by atoms with van der Waals surface area (Å²) in [5, 5.41) is 12.2. The average molecular weight is 464 g/mol. The minimum Gasteiger partial charge on any atom is -1.00 e. The molecule has 0 radical (unpaired) electrons. The average Bonchev–Trinajstić information content (AvgIpc) is 3.19. The van der Waals surface area contributed by atoms with E-state index >= 15 is 0 Å². The molecule has 3 N–H and O–H groups in total. The molecule has 0 aliphatic rings. The van der Waals surface area contributed by atoms with Crippen LogP contribution in [0.2, 0.25) is 0 Å². The van der Waals surface area contributed by atoms with Gasteiger partial charge in [0, 0.05) is 27.1 Å². The topological polar surface area (TPSA) is 108 Å². The minimum atomic E-state index is -0.590. The molecule has 0 spiro atoms. The van der Waals surface area contributed by atoms with Gasteiger partial charge in [0.1, 0.15) is 25.0 Å².